The average Bonchev–Trinajstić information content (AvgIpc) is 3.53. The number of nitriles is 1. The molecule has 2 aliphatic carbocycles. The van der Waals surface area contributed by atoms with Gasteiger partial charge >= 0.3 is 6.18 Å². The zero-order valence-electron chi connectivity index (χ0n) is 21.3. The van der Waals surface area contributed by atoms with Crippen LogP contribution < -0.4 is 10.2 Å². The van der Waals surface area contributed by atoms with Crippen LogP contribution in [0.4, 0.5) is 27.6 Å². The van der Waals surface area contributed by atoms with E-state index in [4.69, 9.17) is 0 Å². The fourth-order valence-electron chi connectivity index (χ4n) is 5.33. The standard InChI is InChI=1S/C26H27F5N4O3S2/c27-25(28)6-5-18(19(13-25)23(36)34-24(15-32)7-8-24)21-22(39-20(33-21)14-26(29,30)31)16-1-3-17(4-2-16)35-9-11-40(37,38)12-10-35/h1-4,18-19H,5-14H2,(H,34,36). The van der Waals surface area contributed by atoms with Gasteiger partial charge < -0.3 is 10.2 Å². The molecule has 1 aromatic heterocycles. The zero-order chi connectivity index (χ0) is 28.9. The first-order chi connectivity index (χ1) is 18.7. The van der Waals surface area contributed by atoms with Gasteiger partial charge in [-0.05, 0) is 37.0 Å². The van der Waals surface area contributed by atoms with Crippen molar-refractivity contribution in [3.05, 3.63) is 35.0 Å². The molecule has 1 aliphatic heterocycles. The Kier molecular flexibility index (Phi) is 7.35. The molecule has 0 bridgehead atoms. The predicted molar refractivity (Wildman–Crippen MR) is 139 cm³/mol. The van der Waals surface area contributed by atoms with Crippen molar-refractivity contribution >= 4 is 32.8 Å². The number of nitrogens with one attached hydrogen (secondary N) is 1. The minimum absolute atomic E-state index is 0.0252. The Hall–Kier alpha value is -2.79. The van der Waals surface area contributed by atoms with Crippen molar-refractivity contribution in [2.24, 2.45) is 5.92 Å². The largest absolute Gasteiger partial charge is 0.395 e. The minimum Gasteiger partial charge on any atom is -0.369 e. The normalized spacial score (nSPS) is 25.1. The first kappa shape index (κ1) is 28.7. The summed E-state index contributed by atoms with van der Waals surface area (Å²) in [4.78, 5) is 19.7. The number of hydrogen-bond acceptors (Lipinski definition) is 7. The highest BCUT2D eigenvalue weighted by atomic mass is 32.2. The van der Waals surface area contributed by atoms with Crippen molar-refractivity contribution in [1.29, 1.82) is 5.26 Å². The lowest BCUT2D eigenvalue weighted by Crippen LogP contribution is -2.45. The number of nitrogens with zero attached hydrogens (tertiary/aromatic N) is 3. The Morgan fingerprint density at radius 3 is 2.38 bits per heavy atom. The molecule has 2 unspecified atom stereocenters. The lowest BCUT2D eigenvalue weighted by molar-refractivity contribution is -0.134. The van der Waals surface area contributed by atoms with Gasteiger partial charge in [-0.1, -0.05) is 12.1 Å². The first-order valence-electron chi connectivity index (χ1n) is 12.9. The lowest BCUT2D eigenvalue weighted by atomic mass is 9.74. The molecule has 7 nitrogen and oxygen atoms in total. The van der Waals surface area contributed by atoms with Gasteiger partial charge in [0.05, 0.1) is 40.5 Å². The van der Waals surface area contributed by atoms with Crippen molar-refractivity contribution in [2.45, 2.75) is 62.1 Å². The second-order valence-corrected chi connectivity index (χ2v) is 14.2. The molecule has 1 aromatic carbocycles. The van der Waals surface area contributed by atoms with Crippen LogP contribution in [-0.2, 0) is 21.1 Å². The predicted octanol–water partition coefficient (Wildman–Crippen LogP) is 4.84. The average molecular weight is 603 g/mol. The number of aromatic nitrogens is 1. The van der Waals surface area contributed by atoms with Crippen molar-refractivity contribution in [1.82, 2.24) is 10.3 Å². The summed E-state index contributed by atoms with van der Waals surface area (Å²) in [5.74, 6) is -5.90. The molecule has 2 heterocycles. The summed E-state index contributed by atoms with van der Waals surface area (Å²) in [6.45, 7) is 0.640. The number of alkyl halides is 5. The van der Waals surface area contributed by atoms with E-state index in [-0.39, 0.29) is 28.6 Å². The Bertz CT molecular complexity index is 1420. The number of sulfone groups is 1. The number of carbonyl (C=O) groups is 1. The van der Waals surface area contributed by atoms with E-state index < -0.39 is 64.5 Å². The Morgan fingerprint density at radius 2 is 1.80 bits per heavy atom. The Labute approximate surface area is 232 Å². The molecular formula is C26H27F5N4O3S2. The van der Waals surface area contributed by atoms with E-state index in [1.54, 1.807) is 24.3 Å². The number of amides is 1. The van der Waals surface area contributed by atoms with Gasteiger partial charge in [0.15, 0.2) is 9.84 Å². The molecule has 1 N–H and O–H groups in total. The van der Waals surface area contributed by atoms with Crippen LogP contribution in [0.15, 0.2) is 24.3 Å². The van der Waals surface area contributed by atoms with E-state index in [9.17, 15) is 40.4 Å². The van der Waals surface area contributed by atoms with Crippen LogP contribution in [0.5, 0.6) is 0 Å². The molecule has 0 radical (unpaired) electrons. The van der Waals surface area contributed by atoms with Crippen LogP contribution in [-0.4, -0.2) is 61.5 Å². The maximum Gasteiger partial charge on any atom is 0.395 e. The van der Waals surface area contributed by atoms with Gasteiger partial charge in [-0.3, -0.25) is 4.79 Å². The summed E-state index contributed by atoms with van der Waals surface area (Å²) >= 11 is 0.822. The quantitative estimate of drug-likeness (QED) is 0.475. The number of rotatable bonds is 6. The fraction of sp³-hybridized carbons (Fsp3) is 0.577. The summed E-state index contributed by atoms with van der Waals surface area (Å²) < 4.78 is 92.4. The van der Waals surface area contributed by atoms with Crippen LogP contribution in [0.2, 0.25) is 0 Å². The number of carbonyl (C=O) groups excluding carboxylic acids is 1. The highest BCUT2D eigenvalue weighted by molar-refractivity contribution is 7.91. The molecule has 3 aliphatic rings. The summed E-state index contributed by atoms with van der Waals surface area (Å²) in [6, 6.07) is 8.86. The van der Waals surface area contributed by atoms with Gasteiger partial charge in [0.25, 0.3) is 0 Å². The number of halogens is 5. The van der Waals surface area contributed by atoms with E-state index in [0.29, 0.717) is 36.4 Å². The van der Waals surface area contributed by atoms with Crippen LogP contribution >= 0.6 is 11.3 Å². The molecule has 216 valence electrons. The van der Waals surface area contributed by atoms with Gasteiger partial charge in [0, 0.05) is 37.5 Å². The lowest BCUT2D eigenvalue weighted by Gasteiger charge is -2.35. The molecule has 2 atom stereocenters. The molecule has 0 spiro atoms. The maximum absolute atomic E-state index is 14.5. The smallest absolute Gasteiger partial charge is 0.369 e. The molecule has 3 fully saturated rings. The summed E-state index contributed by atoms with van der Waals surface area (Å²) in [5, 5.41) is 11.7. The summed E-state index contributed by atoms with van der Waals surface area (Å²) in [6.07, 6.45) is -6.46. The molecule has 1 amide bonds. The molecule has 2 saturated carbocycles. The minimum atomic E-state index is -4.54. The van der Waals surface area contributed by atoms with E-state index in [2.05, 4.69) is 10.3 Å². The van der Waals surface area contributed by atoms with Crippen LogP contribution in [0.25, 0.3) is 10.4 Å². The number of thiazole rings is 1. The zero-order valence-corrected chi connectivity index (χ0v) is 22.9. The molecule has 2 aromatic rings. The highest BCUT2D eigenvalue weighted by Crippen LogP contribution is 2.49. The van der Waals surface area contributed by atoms with Crippen molar-refractivity contribution in [2.75, 3.05) is 29.5 Å². The highest BCUT2D eigenvalue weighted by Gasteiger charge is 2.51. The molecule has 5 rings (SSSR count). The van der Waals surface area contributed by atoms with E-state index in [1.807, 2.05) is 11.0 Å². The monoisotopic (exact) mass is 602 g/mol. The number of anilines is 1. The maximum atomic E-state index is 14.5. The van der Waals surface area contributed by atoms with Gasteiger partial charge in [-0.2, -0.15) is 18.4 Å². The molecular weight excluding hydrogens is 575 g/mol. The van der Waals surface area contributed by atoms with Crippen molar-refractivity contribution < 1.29 is 35.2 Å². The fourth-order valence-corrected chi connectivity index (χ4v) is 7.70. The Balaban J connectivity index is 1.48. The van der Waals surface area contributed by atoms with Gasteiger partial charge in [0.1, 0.15) is 10.5 Å². The number of hydrogen-bond donors (Lipinski definition) is 1. The second kappa shape index (κ2) is 10.2. The third kappa shape index (κ3) is 6.40. The molecule has 14 heteroatoms. The van der Waals surface area contributed by atoms with Crippen LogP contribution in [0.3, 0.4) is 0 Å². The first-order valence-corrected chi connectivity index (χ1v) is 15.6. The molecule has 1 saturated heterocycles. The van der Waals surface area contributed by atoms with E-state index in [0.717, 1.165) is 17.0 Å². The van der Waals surface area contributed by atoms with Gasteiger partial charge in [-0.25, -0.2) is 22.2 Å². The third-order valence-electron chi connectivity index (χ3n) is 7.73. The number of benzene rings is 1. The van der Waals surface area contributed by atoms with E-state index in [1.165, 1.54) is 0 Å². The Morgan fingerprint density at radius 1 is 1.15 bits per heavy atom. The topological polar surface area (TPSA) is 103 Å². The van der Waals surface area contributed by atoms with Gasteiger partial charge in [0.2, 0.25) is 11.8 Å². The second-order valence-electron chi connectivity index (χ2n) is 10.8. The SMILES string of the molecule is N#CC1(NC(=O)C2CC(F)(F)CCC2c2nc(CC(F)(F)F)sc2-c2ccc(N3CCS(=O)(=O)CC3)cc2)CC1. The van der Waals surface area contributed by atoms with E-state index >= 15 is 0 Å². The summed E-state index contributed by atoms with van der Waals surface area (Å²) in [7, 11) is -3.08. The molecule has 40 heavy (non-hydrogen) atoms. The summed E-state index contributed by atoms with van der Waals surface area (Å²) in [5.41, 5.74) is 0.380. The third-order valence-corrected chi connectivity index (χ3v) is 10.5. The van der Waals surface area contributed by atoms with Crippen molar-refractivity contribution in [3.63, 3.8) is 0 Å². The van der Waals surface area contributed by atoms with Crippen LogP contribution in [0.1, 0.15) is 48.7 Å². The van der Waals surface area contributed by atoms with Gasteiger partial charge in [-0.15, -0.1) is 11.3 Å². The van der Waals surface area contributed by atoms with Crippen LogP contribution in [0, 0.1) is 17.2 Å². The van der Waals surface area contributed by atoms with Crippen molar-refractivity contribution in [3.8, 4) is 16.5 Å².